The van der Waals surface area contributed by atoms with Crippen LogP contribution in [0.15, 0.2) is 30.5 Å². The Balaban J connectivity index is 2.61. The molecule has 0 unspecified atom stereocenters. The molecule has 0 aliphatic carbocycles. The van der Waals surface area contributed by atoms with Crippen LogP contribution in [0, 0.1) is 5.82 Å². The van der Waals surface area contributed by atoms with Crippen LogP contribution in [0.2, 0.25) is 0 Å². The molecule has 0 amide bonds. The number of benzene rings is 1. The molecule has 0 aliphatic heterocycles. The number of hydrogen-bond acceptors (Lipinski definition) is 1. The molecule has 0 fully saturated rings. The molecule has 6 heteroatoms. The maximum absolute atomic E-state index is 13.1. The summed E-state index contributed by atoms with van der Waals surface area (Å²) in [6, 6.07) is 4.74. The van der Waals surface area contributed by atoms with Crippen molar-refractivity contribution in [2.24, 2.45) is 0 Å². The third-order valence-electron chi connectivity index (χ3n) is 2.76. The summed E-state index contributed by atoms with van der Waals surface area (Å²) in [5, 5.41) is 3.78. The summed E-state index contributed by atoms with van der Waals surface area (Å²) in [7, 11) is 0. The van der Waals surface area contributed by atoms with Crippen molar-refractivity contribution >= 4 is 0 Å². The quantitative estimate of drug-likeness (QED) is 0.751. The van der Waals surface area contributed by atoms with Gasteiger partial charge in [-0.3, -0.25) is 0 Å². The van der Waals surface area contributed by atoms with Crippen LogP contribution in [0.25, 0.3) is 5.69 Å². The van der Waals surface area contributed by atoms with Crippen molar-refractivity contribution in [1.82, 2.24) is 9.78 Å². The van der Waals surface area contributed by atoms with Gasteiger partial charge >= 0.3 is 6.18 Å². The van der Waals surface area contributed by atoms with Gasteiger partial charge in [0.1, 0.15) is 5.82 Å². The highest BCUT2D eigenvalue weighted by Crippen LogP contribution is 2.36. The average Bonchev–Trinajstić information content (AvgIpc) is 2.74. The Labute approximate surface area is 107 Å². The summed E-state index contributed by atoms with van der Waals surface area (Å²) in [5.74, 6) is -0.806. The van der Waals surface area contributed by atoms with E-state index in [1.165, 1.54) is 18.3 Å². The zero-order valence-electron chi connectivity index (χ0n) is 10.4. The standard InChI is InChI=1S/C13H12F4N2/c1-8(2)11-7-18-19(12(11)13(15,16)17)10-5-3-9(14)4-6-10/h3-8H,1-2H3. The molecule has 2 aromatic rings. The number of aromatic nitrogens is 2. The lowest BCUT2D eigenvalue weighted by Crippen LogP contribution is -2.16. The molecule has 19 heavy (non-hydrogen) atoms. The first-order valence-electron chi connectivity index (χ1n) is 5.71. The van der Waals surface area contributed by atoms with Gasteiger partial charge in [-0.2, -0.15) is 18.3 Å². The Morgan fingerprint density at radius 3 is 2.16 bits per heavy atom. The highest BCUT2D eigenvalue weighted by Gasteiger charge is 2.39. The topological polar surface area (TPSA) is 17.8 Å². The minimum absolute atomic E-state index is 0.122. The molecular formula is C13H12F4N2. The molecule has 1 heterocycles. The van der Waals surface area contributed by atoms with Crippen LogP contribution in [-0.4, -0.2) is 9.78 Å². The lowest BCUT2D eigenvalue weighted by molar-refractivity contribution is -0.143. The predicted octanol–water partition coefficient (Wildman–Crippen LogP) is 4.15. The van der Waals surface area contributed by atoms with Crippen LogP contribution >= 0.6 is 0 Å². The van der Waals surface area contributed by atoms with Gasteiger partial charge in [0, 0.05) is 5.56 Å². The number of hydrogen-bond donors (Lipinski definition) is 0. The van der Waals surface area contributed by atoms with Gasteiger partial charge in [0.2, 0.25) is 0 Å². The van der Waals surface area contributed by atoms with Crippen LogP contribution in [0.3, 0.4) is 0 Å². The molecule has 0 bridgehead atoms. The van der Waals surface area contributed by atoms with Gasteiger partial charge in [-0.05, 0) is 30.2 Å². The number of halogens is 4. The molecule has 0 aliphatic rings. The second-order valence-corrected chi connectivity index (χ2v) is 4.49. The highest BCUT2D eigenvalue weighted by atomic mass is 19.4. The maximum Gasteiger partial charge on any atom is 0.433 e. The largest absolute Gasteiger partial charge is 0.433 e. The molecule has 0 spiro atoms. The summed E-state index contributed by atoms with van der Waals surface area (Å²) in [6.07, 6.45) is -3.30. The van der Waals surface area contributed by atoms with Crippen molar-refractivity contribution in [3.8, 4) is 5.69 Å². The van der Waals surface area contributed by atoms with E-state index in [0.717, 1.165) is 16.8 Å². The van der Waals surface area contributed by atoms with Crippen LogP contribution in [0.4, 0.5) is 17.6 Å². The van der Waals surface area contributed by atoms with Gasteiger partial charge in [-0.1, -0.05) is 13.8 Å². The third kappa shape index (κ3) is 2.62. The minimum atomic E-state index is -4.51. The van der Waals surface area contributed by atoms with Crippen LogP contribution in [-0.2, 0) is 6.18 Å². The second-order valence-electron chi connectivity index (χ2n) is 4.49. The maximum atomic E-state index is 13.1. The molecule has 102 valence electrons. The number of alkyl halides is 3. The lowest BCUT2D eigenvalue weighted by Gasteiger charge is -2.14. The number of rotatable bonds is 2. The van der Waals surface area contributed by atoms with Gasteiger partial charge in [0.15, 0.2) is 5.69 Å². The van der Waals surface area contributed by atoms with Crippen molar-refractivity contribution in [2.45, 2.75) is 25.9 Å². The molecule has 0 radical (unpaired) electrons. The van der Waals surface area contributed by atoms with Gasteiger partial charge < -0.3 is 0 Å². The Hall–Kier alpha value is -1.85. The van der Waals surface area contributed by atoms with Crippen LogP contribution in [0.1, 0.15) is 31.0 Å². The Morgan fingerprint density at radius 2 is 1.68 bits per heavy atom. The predicted molar refractivity (Wildman–Crippen MR) is 62.6 cm³/mol. The van der Waals surface area contributed by atoms with E-state index in [2.05, 4.69) is 5.10 Å². The molecule has 2 rings (SSSR count). The van der Waals surface area contributed by atoms with E-state index >= 15 is 0 Å². The zero-order chi connectivity index (χ0) is 14.2. The summed E-state index contributed by atoms with van der Waals surface area (Å²) in [6.45, 7) is 3.34. The van der Waals surface area contributed by atoms with Gasteiger partial charge in [0.05, 0.1) is 11.9 Å². The lowest BCUT2D eigenvalue weighted by atomic mass is 10.0. The first kappa shape index (κ1) is 13.6. The van der Waals surface area contributed by atoms with Crippen molar-refractivity contribution in [1.29, 1.82) is 0 Å². The average molecular weight is 272 g/mol. The van der Waals surface area contributed by atoms with Gasteiger partial charge in [0.25, 0.3) is 0 Å². The summed E-state index contributed by atoms with van der Waals surface area (Å²) >= 11 is 0. The van der Waals surface area contributed by atoms with Crippen LogP contribution < -0.4 is 0 Å². The fourth-order valence-corrected chi connectivity index (χ4v) is 1.85. The van der Waals surface area contributed by atoms with E-state index in [-0.39, 0.29) is 17.2 Å². The van der Waals surface area contributed by atoms with E-state index in [1.807, 2.05) is 0 Å². The van der Waals surface area contributed by atoms with E-state index in [1.54, 1.807) is 13.8 Å². The second kappa shape index (κ2) is 4.68. The molecular weight excluding hydrogens is 260 g/mol. The smallest absolute Gasteiger partial charge is 0.228 e. The molecule has 0 saturated carbocycles. The minimum Gasteiger partial charge on any atom is -0.228 e. The van der Waals surface area contributed by atoms with Crippen molar-refractivity contribution in [3.63, 3.8) is 0 Å². The molecule has 0 N–H and O–H groups in total. The third-order valence-corrected chi connectivity index (χ3v) is 2.76. The molecule has 2 nitrogen and oxygen atoms in total. The zero-order valence-corrected chi connectivity index (χ0v) is 10.4. The normalized spacial score (nSPS) is 12.2. The molecule has 1 aromatic heterocycles. The Kier molecular flexibility index (Phi) is 3.34. The summed E-state index contributed by atoms with van der Waals surface area (Å²) < 4.78 is 53.0. The van der Waals surface area contributed by atoms with Gasteiger partial charge in [-0.25, -0.2) is 9.07 Å². The first-order valence-corrected chi connectivity index (χ1v) is 5.71. The van der Waals surface area contributed by atoms with Gasteiger partial charge in [-0.15, -0.1) is 0 Å². The molecule has 0 saturated heterocycles. The fraction of sp³-hybridized carbons (Fsp3) is 0.308. The first-order chi connectivity index (χ1) is 8.80. The summed E-state index contributed by atoms with van der Waals surface area (Å²) in [4.78, 5) is 0. The SMILES string of the molecule is CC(C)c1cnn(-c2ccc(F)cc2)c1C(F)(F)F. The monoisotopic (exact) mass is 272 g/mol. The van der Waals surface area contributed by atoms with Crippen molar-refractivity contribution in [2.75, 3.05) is 0 Å². The van der Waals surface area contributed by atoms with E-state index in [0.29, 0.717) is 0 Å². The summed E-state index contributed by atoms with van der Waals surface area (Å²) in [5.41, 5.74) is -0.508. The van der Waals surface area contributed by atoms with E-state index < -0.39 is 17.7 Å². The highest BCUT2D eigenvalue weighted by molar-refractivity contribution is 5.37. The van der Waals surface area contributed by atoms with Crippen LogP contribution in [0.5, 0.6) is 0 Å². The van der Waals surface area contributed by atoms with E-state index in [9.17, 15) is 17.6 Å². The molecule has 1 aromatic carbocycles. The van der Waals surface area contributed by atoms with Crippen molar-refractivity contribution < 1.29 is 17.6 Å². The molecule has 0 atom stereocenters. The Morgan fingerprint density at radius 1 is 1.11 bits per heavy atom. The fourth-order valence-electron chi connectivity index (χ4n) is 1.85. The van der Waals surface area contributed by atoms with Crippen molar-refractivity contribution in [3.05, 3.63) is 47.5 Å². The Bertz CT molecular complexity index is 567. The number of nitrogens with zero attached hydrogens (tertiary/aromatic N) is 2. The van der Waals surface area contributed by atoms with E-state index in [4.69, 9.17) is 0 Å².